The van der Waals surface area contributed by atoms with Gasteiger partial charge in [0.25, 0.3) is 0 Å². The van der Waals surface area contributed by atoms with Crippen molar-refractivity contribution in [2.75, 3.05) is 14.2 Å². The first-order valence-corrected chi connectivity index (χ1v) is 7.41. The zero-order valence-electron chi connectivity index (χ0n) is 13.1. The van der Waals surface area contributed by atoms with Gasteiger partial charge < -0.3 is 14.6 Å². The third-order valence-electron chi connectivity index (χ3n) is 4.04. The van der Waals surface area contributed by atoms with E-state index in [1.165, 1.54) is 7.11 Å². The van der Waals surface area contributed by atoms with Crippen molar-refractivity contribution in [2.24, 2.45) is 0 Å². The first-order chi connectivity index (χ1) is 11.1. The lowest BCUT2D eigenvalue weighted by Gasteiger charge is -2.19. The fourth-order valence-corrected chi connectivity index (χ4v) is 2.82. The van der Waals surface area contributed by atoms with Crippen molar-refractivity contribution in [1.29, 1.82) is 0 Å². The van der Waals surface area contributed by atoms with Crippen molar-refractivity contribution in [3.63, 3.8) is 0 Å². The number of carbonyl (C=O) groups excluding carboxylic acids is 1. The summed E-state index contributed by atoms with van der Waals surface area (Å²) in [5, 5.41) is 9.89. The largest absolute Gasteiger partial charge is 0.504 e. The molecule has 0 saturated carbocycles. The van der Waals surface area contributed by atoms with Crippen molar-refractivity contribution in [3.8, 4) is 17.2 Å². The average molecular weight is 310 g/mol. The smallest absolute Gasteiger partial charge is 0.163 e. The quantitative estimate of drug-likeness (QED) is 0.882. The van der Waals surface area contributed by atoms with Gasteiger partial charge in [0, 0.05) is 12.0 Å². The summed E-state index contributed by atoms with van der Waals surface area (Å²) in [6.07, 6.45) is 3.01. The first-order valence-electron chi connectivity index (χ1n) is 7.41. The van der Waals surface area contributed by atoms with E-state index in [4.69, 9.17) is 9.47 Å². The molecule has 2 aromatic rings. The Morgan fingerprint density at radius 3 is 2.57 bits per heavy atom. The van der Waals surface area contributed by atoms with Gasteiger partial charge in [-0.25, -0.2) is 0 Å². The minimum absolute atomic E-state index is 0.0556. The number of rotatable bonds is 3. The SMILES string of the molecule is COc1ccc2c(c1)CCC(=O)/C2=C/c1ccc(OC)c(O)c1. The van der Waals surface area contributed by atoms with Gasteiger partial charge in [-0.2, -0.15) is 0 Å². The lowest BCUT2D eigenvalue weighted by atomic mass is 9.85. The summed E-state index contributed by atoms with van der Waals surface area (Å²) in [7, 11) is 3.13. The molecule has 0 aromatic heterocycles. The van der Waals surface area contributed by atoms with E-state index >= 15 is 0 Å². The molecule has 118 valence electrons. The molecule has 0 radical (unpaired) electrons. The zero-order valence-corrected chi connectivity index (χ0v) is 13.1. The van der Waals surface area contributed by atoms with Crippen LogP contribution in [0, 0.1) is 0 Å². The van der Waals surface area contributed by atoms with Crippen molar-refractivity contribution >= 4 is 17.4 Å². The number of Topliss-reactive ketones (excluding diaryl/α,β-unsaturated/α-hetero) is 1. The van der Waals surface area contributed by atoms with Crippen LogP contribution >= 0.6 is 0 Å². The van der Waals surface area contributed by atoms with Crippen molar-refractivity contribution < 1.29 is 19.4 Å². The number of fused-ring (bicyclic) bond motifs is 1. The third kappa shape index (κ3) is 2.93. The van der Waals surface area contributed by atoms with Crippen LogP contribution in [0.3, 0.4) is 0 Å². The molecule has 0 heterocycles. The third-order valence-corrected chi connectivity index (χ3v) is 4.04. The summed E-state index contributed by atoms with van der Waals surface area (Å²) >= 11 is 0. The Labute approximate surface area is 135 Å². The second kappa shape index (κ2) is 6.16. The Bertz CT molecular complexity index is 790. The van der Waals surface area contributed by atoms with Crippen LogP contribution in [0.1, 0.15) is 23.1 Å². The van der Waals surface area contributed by atoms with Gasteiger partial charge in [-0.15, -0.1) is 0 Å². The van der Waals surface area contributed by atoms with E-state index in [1.807, 2.05) is 30.3 Å². The van der Waals surface area contributed by atoms with Gasteiger partial charge in [0.05, 0.1) is 14.2 Å². The topological polar surface area (TPSA) is 55.8 Å². The van der Waals surface area contributed by atoms with E-state index in [0.717, 1.165) is 28.9 Å². The molecule has 0 aliphatic heterocycles. The number of benzene rings is 2. The van der Waals surface area contributed by atoms with Crippen molar-refractivity contribution in [3.05, 3.63) is 53.1 Å². The predicted octanol–water partition coefficient (Wildman–Crippen LogP) is 3.47. The number of phenolic OH excluding ortho intramolecular Hbond substituents is 1. The minimum Gasteiger partial charge on any atom is -0.504 e. The summed E-state index contributed by atoms with van der Waals surface area (Å²) in [6, 6.07) is 10.8. The lowest BCUT2D eigenvalue weighted by Crippen LogP contribution is -2.12. The normalized spacial score (nSPS) is 15.4. The average Bonchev–Trinajstić information content (AvgIpc) is 2.57. The van der Waals surface area contributed by atoms with E-state index in [1.54, 1.807) is 19.2 Å². The first kappa shape index (κ1) is 15.2. The number of aryl methyl sites for hydroxylation is 1. The van der Waals surface area contributed by atoms with Crippen LogP contribution in [0.5, 0.6) is 17.2 Å². The van der Waals surface area contributed by atoms with Gasteiger partial charge in [-0.05, 0) is 53.5 Å². The number of ketones is 1. The summed E-state index contributed by atoms with van der Waals surface area (Å²) < 4.78 is 10.3. The van der Waals surface area contributed by atoms with Gasteiger partial charge in [0.15, 0.2) is 17.3 Å². The number of methoxy groups -OCH3 is 2. The second-order valence-electron chi connectivity index (χ2n) is 5.44. The van der Waals surface area contributed by atoms with Gasteiger partial charge in [0.2, 0.25) is 0 Å². The Kier molecular flexibility index (Phi) is 4.06. The van der Waals surface area contributed by atoms with Gasteiger partial charge in [-0.3, -0.25) is 4.79 Å². The van der Waals surface area contributed by atoms with Gasteiger partial charge >= 0.3 is 0 Å². The van der Waals surface area contributed by atoms with E-state index < -0.39 is 0 Å². The Morgan fingerprint density at radius 2 is 1.87 bits per heavy atom. The fraction of sp³-hybridized carbons (Fsp3) is 0.211. The van der Waals surface area contributed by atoms with Crippen molar-refractivity contribution in [1.82, 2.24) is 0 Å². The molecule has 0 saturated heterocycles. The Hall–Kier alpha value is -2.75. The van der Waals surface area contributed by atoms with E-state index in [9.17, 15) is 9.90 Å². The molecule has 0 bridgehead atoms. The van der Waals surface area contributed by atoms with Crippen LogP contribution in [0.2, 0.25) is 0 Å². The molecule has 0 spiro atoms. The van der Waals surface area contributed by atoms with Gasteiger partial charge in [-0.1, -0.05) is 12.1 Å². The summed E-state index contributed by atoms with van der Waals surface area (Å²) in [6.45, 7) is 0. The molecule has 23 heavy (non-hydrogen) atoms. The van der Waals surface area contributed by atoms with Gasteiger partial charge in [0.1, 0.15) is 5.75 Å². The Morgan fingerprint density at radius 1 is 1.04 bits per heavy atom. The maximum absolute atomic E-state index is 12.3. The van der Waals surface area contributed by atoms with E-state index in [2.05, 4.69) is 0 Å². The fourth-order valence-electron chi connectivity index (χ4n) is 2.82. The summed E-state index contributed by atoms with van der Waals surface area (Å²) in [5.74, 6) is 1.37. The molecule has 3 rings (SSSR count). The predicted molar refractivity (Wildman–Crippen MR) is 88.9 cm³/mol. The van der Waals surface area contributed by atoms with Crippen LogP contribution in [0.25, 0.3) is 11.6 Å². The van der Waals surface area contributed by atoms with Crippen LogP contribution < -0.4 is 9.47 Å². The lowest BCUT2D eigenvalue weighted by molar-refractivity contribution is -0.113. The zero-order chi connectivity index (χ0) is 16.4. The highest BCUT2D eigenvalue weighted by Crippen LogP contribution is 2.34. The minimum atomic E-state index is 0.0556. The summed E-state index contributed by atoms with van der Waals surface area (Å²) in [4.78, 5) is 12.3. The molecule has 4 heteroatoms. The molecule has 2 aromatic carbocycles. The van der Waals surface area contributed by atoms with Crippen LogP contribution in [0.4, 0.5) is 0 Å². The molecule has 1 aliphatic carbocycles. The standard InChI is InChI=1S/C19H18O4/c1-22-14-5-6-15-13(11-14)4-7-17(20)16(15)9-12-3-8-19(23-2)18(21)10-12/h3,5-6,8-11,21H,4,7H2,1-2H3/b16-9+. The molecule has 0 amide bonds. The van der Waals surface area contributed by atoms with E-state index in [0.29, 0.717) is 17.7 Å². The number of phenols is 1. The number of allylic oxidation sites excluding steroid dienone is 1. The highest BCUT2D eigenvalue weighted by molar-refractivity contribution is 6.26. The van der Waals surface area contributed by atoms with E-state index in [-0.39, 0.29) is 11.5 Å². The number of carbonyl (C=O) groups is 1. The number of hydrogen-bond acceptors (Lipinski definition) is 4. The molecule has 4 nitrogen and oxygen atoms in total. The monoisotopic (exact) mass is 310 g/mol. The molecule has 1 N–H and O–H groups in total. The highest BCUT2D eigenvalue weighted by Gasteiger charge is 2.22. The highest BCUT2D eigenvalue weighted by atomic mass is 16.5. The number of aromatic hydroxyl groups is 1. The number of hydrogen-bond donors (Lipinski definition) is 1. The maximum atomic E-state index is 12.3. The number of ether oxygens (including phenoxy) is 2. The Balaban J connectivity index is 2.05. The van der Waals surface area contributed by atoms with Crippen LogP contribution in [-0.4, -0.2) is 25.1 Å². The second-order valence-corrected chi connectivity index (χ2v) is 5.44. The molecule has 0 fully saturated rings. The van der Waals surface area contributed by atoms with Crippen LogP contribution in [-0.2, 0) is 11.2 Å². The molecule has 0 unspecified atom stereocenters. The molecule has 0 atom stereocenters. The molecular weight excluding hydrogens is 292 g/mol. The van der Waals surface area contributed by atoms with Crippen molar-refractivity contribution in [2.45, 2.75) is 12.8 Å². The molecular formula is C19H18O4. The molecule has 1 aliphatic rings. The maximum Gasteiger partial charge on any atom is 0.163 e. The van der Waals surface area contributed by atoms with Crippen LogP contribution in [0.15, 0.2) is 36.4 Å². The summed E-state index contributed by atoms with van der Waals surface area (Å²) in [5.41, 5.74) is 3.46.